The molecule has 0 aromatic carbocycles. The van der Waals surface area contributed by atoms with E-state index in [1.54, 1.807) is 51.4 Å². The molecule has 31 heavy (non-hydrogen) atoms. The fraction of sp³-hybridized carbons (Fsp3) is 1.00. The number of rotatable bonds is 10. The zero-order valence-electron chi connectivity index (χ0n) is 19.2. The Morgan fingerprint density at radius 1 is 0.484 bits per heavy atom. The van der Waals surface area contributed by atoms with E-state index < -0.39 is 0 Å². The third-order valence-corrected chi connectivity index (χ3v) is 14.8. The van der Waals surface area contributed by atoms with Crippen molar-refractivity contribution >= 4 is 48.8 Å². The summed E-state index contributed by atoms with van der Waals surface area (Å²) in [5.41, 5.74) is 0. The minimum Gasteiger partial charge on any atom is -0.179 e. The van der Waals surface area contributed by atoms with Gasteiger partial charge in [0.15, 0.2) is 0 Å². The standard InChI is InChI=1S/C27H44S4/c28-4-1-16-7-22-10-19(16)13-25(22)30-6-3-18-9-24-12-21(18)15-27(24)31-26-14-20-11-23(26)8-17(20)2-5-29/h16-29H,1-15H2. The quantitative estimate of drug-likeness (QED) is 0.297. The first kappa shape index (κ1) is 22.8. The molecule has 0 amide bonds. The van der Waals surface area contributed by atoms with Gasteiger partial charge in [-0.2, -0.15) is 48.8 Å². The van der Waals surface area contributed by atoms with Gasteiger partial charge in [-0.25, -0.2) is 0 Å². The van der Waals surface area contributed by atoms with E-state index in [2.05, 4.69) is 48.8 Å². The molecule has 6 fully saturated rings. The average Bonchev–Trinajstić information content (AvgIpc) is 3.57. The molecular formula is C27H44S4. The number of hydrogen-bond donors (Lipinski definition) is 2. The monoisotopic (exact) mass is 496 g/mol. The molecule has 0 aliphatic heterocycles. The van der Waals surface area contributed by atoms with Crippen LogP contribution in [0.15, 0.2) is 0 Å². The minimum absolute atomic E-state index is 1.02. The molecule has 0 N–H and O–H groups in total. The second-order valence-electron chi connectivity index (χ2n) is 12.4. The zero-order valence-corrected chi connectivity index (χ0v) is 22.7. The number of thiol groups is 2. The van der Waals surface area contributed by atoms with E-state index >= 15 is 0 Å². The summed E-state index contributed by atoms with van der Waals surface area (Å²) in [6.45, 7) is 0. The molecule has 176 valence electrons. The van der Waals surface area contributed by atoms with E-state index in [9.17, 15) is 0 Å². The molecule has 6 bridgehead atoms. The summed E-state index contributed by atoms with van der Waals surface area (Å²) in [7, 11) is 0. The summed E-state index contributed by atoms with van der Waals surface area (Å²) in [5, 5.41) is 3.09. The van der Waals surface area contributed by atoms with Crippen molar-refractivity contribution in [3.63, 3.8) is 0 Å². The summed E-state index contributed by atoms with van der Waals surface area (Å²) in [6, 6.07) is 0. The fourth-order valence-electron chi connectivity index (χ4n) is 9.55. The van der Waals surface area contributed by atoms with Gasteiger partial charge in [0.2, 0.25) is 0 Å². The van der Waals surface area contributed by atoms with Gasteiger partial charge in [-0.05, 0) is 148 Å². The molecular weight excluding hydrogens is 453 g/mol. The SMILES string of the molecule is SCCC1CC2CC1CC2SCCC1CC2CC1CC2SC1CC2CC1CC2CCS. The molecule has 6 saturated carbocycles. The molecule has 6 aliphatic rings. The molecule has 12 atom stereocenters. The lowest BCUT2D eigenvalue weighted by Crippen LogP contribution is -2.26. The van der Waals surface area contributed by atoms with Crippen LogP contribution >= 0.6 is 48.8 Å². The summed E-state index contributed by atoms with van der Waals surface area (Å²) in [6.07, 6.45) is 18.4. The molecule has 4 heteroatoms. The topological polar surface area (TPSA) is 0 Å². The maximum atomic E-state index is 4.51. The normalized spacial score (nSPS) is 52.1. The Hall–Kier alpha value is 1.40. The first-order chi connectivity index (χ1) is 15.2. The van der Waals surface area contributed by atoms with Gasteiger partial charge in [-0.15, -0.1) is 0 Å². The number of fused-ring (bicyclic) bond motifs is 6. The highest BCUT2D eigenvalue weighted by molar-refractivity contribution is 8.00. The van der Waals surface area contributed by atoms with Gasteiger partial charge in [0, 0.05) is 15.7 Å². The van der Waals surface area contributed by atoms with Crippen molar-refractivity contribution in [2.45, 2.75) is 92.8 Å². The van der Waals surface area contributed by atoms with Crippen LogP contribution in [-0.4, -0.2) is 33.0 Å². The van der Waals surface area contributed by atoms with Crippen molar-refractivity contribution in [3.8, 4) is 0 Å². The molecule has 12 unspecified atom stereocenters. The van der Waals surface area contributed by atoms with E-state index in [0.717, 1.165) is 80.5 Å². The highest BCUT2D eigenvalue weighted by Gasteiger charge is 2.51. The summed E-state index contributed by atoms with van der Waals surface area (Å²) in [4.78, 5) is 0. The van der Waals surface area contributed by atoms with Crippen LogP contribution in [0, 0.1) is 53.3 Å². The molecule has 6 aliphatic carbocycles. The molecule has 0 aromatic heterocycles. The van der Waals surface area contributed by atoms with Crippen LogP contribution < -0.4 is 0 Å². The average molecular weight is 497 g/mol. The lowest BCUT2D eigenvalue weighted by Gasteiger charge is -2.33. The molecule has 0 nitrogen and oxygen atoms in total. The highest BCUT2D eigenvalue weighted by atomic mass is 32.2. The maximum absolute atomic E-state index is 4.51. The summed E-state index contributed by atoms with van der Waals surface area (Å²) >= 11 is 13.9. The van der Waals surface area contributed by atoms with Gasteiger partial charge in [0.05, 0.1) is 0 Å². The molecule has 0 radical (unpaired) electrons. The van der Waals surface area contributed by atoms with Crippen LogP contribution in [-0.2, 0) is 0 Å². The van der Waals surface area contributed by atoms with Crippen LogP contribution in [0.1, 0.15) is 77.0 Å². The largest absolute Gasteiger partial charge is 0.179 e. The van der Waals surface area contributed by atoms with Crippen molar-refractivity contribution < 1.29 is 0 Å². The van der Waals surface area contributed by atoms with E-state index in [1.165, 1.54) is 31.4 Å². The van der Waals surface area contributed by atoms with Gasteiger partial charge in [0.25, 0.3) is 0 Å². The third kappa shape index (κ3) is 4.53. The Balaban J connectivity index is 0.907. The Kier molecular flexibility index (Phi) is 7.22. The Labute approximate surface area is 211 Å². The highest BCUT2D eigenvalue weighted by Crippen LogP contribution is 2.60. The third-order valence-electron chi connectivity index (χ3n) is 11.0. The molecule has 6 rings (SSSR count). The lowest BCUT2D eigenvalue weighted by molar-refractivity contribution is 0.322. The van der Waals surface area contributed by atoms with Gasteiger partial charge in [-0.3, -0.25) is 0 Å². The van der Waals surface area contributed by atoms with Crippen LogP contribution in [0.2, 0.25) is 0 Å². The van der Waals surface area contributed by atoms with Gasteiger partial charge < -0.3 is 0 Å². The van der Waals surface area contributed by atoms with Crippen molar-refractivity contribution in [2.24, 2.45) is 53.3 Å². The van der Waals surface area contributed by atoms with Crippen molar-refractivity contribution in [1.82, 2.24) is 0 Å². The summed E-state index contributed by atoms with van der Waals surface area (Å²) in [5.74, 6) is 13.3. The van der Waals surface area contributed by atoms with E-state index in [-0.39, 0.29) is 0 Å². The van der Waals surface area contributed by atoms with Crippen molar-refractivity contribution in [3.05, 3.63) is 0 Å². The Morgan fingerprint density at radius 3 is 1.35 bits per heavy atom. The minimum atomic E-state index is 1.02. The van der Waals surface area contributed by atoms with Crippen LogP contribution in [0.25, 0.3) is 0 Å². The first-order valence-corrected chi connectivity index (χ1v) is 17.0. The van der Waals surface area contributed by atoms with Crippen LogP contribution in [0.3, 0.4) is 0 Å². The van der Waals surface area contributed by atoms with Crippen LogP contribution in [0.5, 0.6) is 0 Å². The molecule has 0 saturated heterocycles. The lowest BCUT2D eigenvalue weighted by atomic mass is 9.86. The smallest absolute Gasteiger partial charge is 0.00811 e. The second-order valence-corrected chi connectivity index (χ2v) is 16.1. The van der Waals surface area contributed by atoms with E-state index in [4.69, 9.17) is 0 Å². The zero-order chi connectivity index (χ0) is 20.9. The van der Waals surface area contributed by atoms with E-state index in [0.29, 0.717) is 0 Å². The van der Waals surface area contributed by atoms with Gasteiger partial charge >= 0.3 is 0 Å². The molecule has 0 heterocycles. The Morgan fingerprint density at radius 2 is 0.935 bits per heavy atom. The molecule has 0 spiro atoms. The predicted octanol–water partition coefficient (Wildman–Crippen LogP) is 7.73. The fourth-order valence-corrected chi connectivity index (χ4v) is 13.9. The maximum Gasteiger partial charge on any atom is 0.00811 e. The molecule has 0 aromatic rings. The number of thioether (sulfide) groups is 2. The Bertz CT molecular complexity index is 624. The number of hydrogen-bond acceptors (Lipinski definition) is 4. The van der Waals surface area contributed by atoms with Crippen molar-refractivity contribution in [1.29, 1.82) is 0 Å². The second kappa shape index (κ2) is 9.81. The van der Waals surface area contributed by atoms with E-state index in [1.807, 2.05) is 0 Å². The summed E-state index contributed by atoms with van der Waals surface area (Å²) < 4.78 is 0. The van der Waals surface area contributed by atoms with Gasteiger partial charge in [-0.1, -0.05) is 0 Å². The predicted molar refractivity (Wildman–Crippen MR) is 146 cm³/mol. The van der Waals surface area contributed by atoms with Crippen LogP contribution in [0.4, 0.5) is 0 Å². The van der Waals surface area contributed by atoms with Gasteiger partial charge in [0.1, 0.15) is 0 Å². The first-order valence-electron chi connectivity index (χ1n) is 13.7. The van der Waals surface area contributed by atoms with Crippen molar-refractivity contribution in [2.75, 3.05) is 17.3 Å².